The van der Waals surface area contributed by atoms with Gasteiger partial charge in [-0.1, -0.05) is 6.92 Å². The van der Waals surface area contributed by atoms with Gasteiger partial charge in [0.25, 0.3) is 0 Å². The Bertz CT molecular complexity index is 342. The number of hydrogen-bond donors (Lipinski definition) is 1. The van der Waals surface area contributed by atoms with Crippen molar-refractivity contribution in [1.29, 1.82) is 0 Å². The second kappa shape index (κ2) is 6.92. The van der Waals surface area contributed by atoms with E-state index in [-0.39, 0.29) is 12.2 Å². The molecule has 1 aliphatic heterocycles. The van der Waals surface area contributed by atoms with Gasteiger partial charge in [0.1, 0.15) is 5.60 Å². The lowest BCUT2D eigenvalue weighted by Crippen LogP contribution is -2.44. The summed E-state index contributed by atoms with van der Waals surface area (Å²) in [5.41, 5.74) is -0.499. The summed E-state index contributed by atoms with van der Waals surface area (Å²) in [7, 11) is 0. The number of carbonyl (C=O) groups is 2. The maximum Gasteiger partial charge on any atom is 0.410 e. The minimum atomic E-state index is -0.929. The Morgan fingerprint density at radius 3 is 2.25 bits per heavy atom. The van der Waals surface area contributed by atoms with Crippen molar-refractivity contribution < 1.29 is 24.2 Å². The molecule has 0 radical (unpaired) electrons. The molecule has 1 rings (SSSR count). The molecule has 20 heavy (non-hydrogen) atoms. The largest absolute Gasteiger partial charge is 0.479 e. The maximum absolute atomic E-state index is 11.9. The van der Waals surface area contributed by atoms with Crippen molar-refractivity contribution in [3.63, 3.8) is 0 Å². The van der Waals surface area contributed by atoms with Crippen LogP contribution in [0.15, 0.2) is 0 Å². The van der Waals surface area contributed by atoms with Gasteiger partial charge in [-0.2, -0.15) is 0 Å². The van der Waals surface area contributed by atoms with Crippen LogP contribution in [0.25, 0.3) is 0 Å². The molecular formula is C14H25NO5. The number of ether oxygens (including phenoxy) is 2. The van der Waals surface area contributed by atoms with E-state index in [1.165, 1.54) is 0 Å². The zero-order chi connectivity index (χ0) is 15.3. The lowest BCUT2D eigenvalue weighted by Gasteiger charge is -2.34. The van der Waals surface area contributed by atoms with Gasteiger partial charge in [-0.05, 0) is 40.0 Å². The van der Waals surface area contributed by atoms with Crippen LogP contribution >= 0.6 is 0 Å². The van der Waals surface area contributed by atoms with E-state index in [0.29, 0.717) is 32.4 Å². The molecule has 1 amide bonds. The highest BCUT2D eigenvalue weighted by Crippen LogP contribution is 2.19. The summed E-state index contributed by atoms with van der Waals surface area (Å²) in [5.74, 6) is -0.929. The number of nitrogens with zero attached hydrogens (tertiary/aromatic N) is 1. The van der Waals surface area contributed by atoms with Gasteiger partial charge in [-0.3, -0.25) is 0 Å². The number of hydrogen-bond acceptors (Lipinski definition) is 4. The number of carboxylic acid groups (broad SMARTS) is 1. The smallest absolute Gasteiger partial charge is 0.410 e. The van der Waals surface area contributed by atoms with E-state index in [2.05, 4.69) is 0 Å². The fourth-order valence-electron chi connectivity index (χ4n) is 2.06. The summed E-state index contributed by atoms with van der Waals surface area (Å²) >= 11 is 0. The molecule has 0 aromatic carbocycles. The Hall–Kier alpha value is -1.30. The third kappa shape index (κ3) is 5.36. The zero-order valence-corrected chi connectivity index (χ0v) is 12.7. The van der Waals surface area contributed by atoms with Crippen LogP contribution < -0.4 is 0 Å². The zero-order valence-electron chi connectivity index (χ0n) is 12.7. The van der Waals surface area contributed by atoms with Gasteiger partial charge in [0.15, 0.2) is 6.10 Å². The quantitative estimate of drug-likeness (QED) is 0.858. The number of likely N-dealkylation sites (tertiary alicyclic amines) is 1. The summed E-state index contributed by atoms with van der Waals surface area (Å²) in [5, 5.41) is 8.96. The van der Waals surface area contributed by atoms with Crippen LogP contribution in [0.4, 0.5) is 4.79 Å². The van der Waals surface area contributed by atoms with Crippen LogP contribution in [-0.4, -0.2) is 53.0 Å². The molecule has 6 heteroatoms. The molecule has 0 aromatic heterocycles. The Labute approximate surface area is 120 Å². The first-order valence-electron chi connectivity index (χ1n) is 7.09. The molecule has 1 N–H and O–H groups in total. The van der Waals surface area contributed by atoms with Gasteiger partial charge in [-0.25, -0.2) is 9.59 Å². The lowest BCUT2D eigenvalue weighted by molar-refractivity contribution is -0.156. The number of rotatable bonds is 4. The number of carbonyl (C=O) groups excluding carboxylic acids is 1. The lowest BCUT2D eigenvalue weighted by atomic mass is 10.1. The molecule has 0 aromatic rings. The van der Waals surface area contributed by atoms with Crippen molar-refractivity contribution in [3.8, 4) is 0 Å². The van der Waals surface area contributed by atoms with Crippen LogP contribution in [0.1, 0.15) is 47.0 Å². The molecule has 1 atom stereocenters. The highest BCUT2D eigenvalue weighted by atomic mass is 16.6. The first-order valence-corrected chi connectivity index (χ1v) is 7.09. The van der Waals surface area contributed by atoms with Crippen LogP contribution in [0.2, 0.25) is 0 Å². The van der Waals surface area contributed by atoms with Crippen molar-refractivity contribution in [2.45, 2.75) is 64.8 Å². The first-order chi connectivity index (χ1) is 9.23. The average Bonchev–Trinajstić information content (AvgIpc) is 2.34. The second-order valence-electron chi connectivity index (χ2n) is 6.04. The molecule has 0 saturated carbocycles. The van der Waals surface area contributed by atoms with E-state index in [1.54, 1.807) is 11.8 Å². The van der Waals surface area contributed by atoms with Crippen molar-refractivity contribution in [1.82, 2.24) is 4.90 Å². The molecule has 0 aliphatic carbocycles. The fraction of sp³-hybridized carbons (Fsp3) is 0.857. The van der Waals surface area contributed by atoms with Gasteiger partial charge in [0.2, 0.25) is 0 Å². The van der Waals surface area contributed by atoms with Crippen molar-refractivity contribution >= 4 is 12.1 Å². The van der Waals surface area contributed by atoms with E-state index < -0.39 is 17.7 Å². The normalized spacial score (nSPS) is 18.7. The molecule has 1 unspecified atom stereocenters. The topological polar surface area (TPSA) is 76.1 Å². The molecule has 0 bridgehead atoms. The molecule has 1 heterocycles. The Kier molecular flexibility index (Phi) is 5.80. The van der Waals surface area contributed by atoms with Gasteiger partial charge in [0, 0.05) is 13.1 Å². The molecule has 116 valence electrons. The molecule has 1 aliphatic rings. The predicted molar refractivity (Wildman–Crippen MR) is 73.6 cm³/mol. The molecule has 1 saturated heterocycles. The van der Waals surface area contributed by atoms with Crippen LogP contribution in [0, 0.1) is 0 Å². The number of carboxylic acids is 1. The Balaban J connectivity index is 2.40. The molecular weight excluding hydrogens is 262 g/mol. The van der Waals surface area contributed by atoms with E-state index in [1.807, 2.05) is 20.8 Å². The molecule has 6 nitrogen and oxygen atoms in total. The van der Waals surface area contributed by atoms with Gasteiger partial charge < -0.3 is 19.5 Å². The summed E-state index contributed by atoms with van der Waals surface area (Å²) < 4.78 is 10.9. The monoisotopic (exact) mass is 287 g/mol. The predicted octanol–water partition coefficient (Wildman–Crippen LogP) is 2.27. The highest BCUT2D eigenvalue weighted by molar-refractivity contribution is 5.72. The maximum atomic E-state index is 11.9. The van der Waals surface area contributed by atoms with E-state index >= 15 is 0 Å². The third-order valence-electron chi connectivity index (χ3n) is 3.10. The van der Waals surface area contributed by atoms with E-state index in [0.717, 1.165) is 0 Å². The van der Waals surface area contributed by atoms with Crippen molar-refractivity contribution in [2.75, 3.05) is 13.1 Å². The number of amides is 1. The fourth-order valence-corrected chi connectivity index (χ4v) is 2.06. The van der Waals surface area contributed by atoms with Gasteiger partial charge in [-0.15, -0.1) is 0 Å². The van der Waals surface area contributed by atoms with Crippen molar-refractivity contribution in [3.05, 3.63) is 0 Å². The van der Waals surface area contributed by atoms with E-state index in [9.17, 15) is 9.59 Å². The van der Waals surface area contributed by atoms with Gasteiger partial charge in [0.05, 0.1) is 6.10 Å². The van der Waals surface area contributed by atoms with E-state index in [4.69, 9.17) is 14.6 Å². The molecule has 1 fully saturated rings. The van der Waals surface area contributed by atoms with Crippen molar-refractivity contribution in [2.24, 2.45) is 0 Å². The minimum Gasteiger partial charge on any atom is -0.479 e. The highest BCUT2D eigenvalue weighted by Gasteiger charge is 2.29. The summed E-state index contributed by atoms with van der Waals surface area (Å²) in [6.07, 6.45) is 0.553. The second-order valence-corrected chi connectivity index (χ2v) is 6.04. The standard InChI is InChI=1S/C14H25NO5/c1-5-11(12(16)17)19-10-6-8-15(9-7-10)13(18)20-14(2,3)4/h10-11H,5-9H2,1-4H3,(H,16,17). The summed E-state index contributed by atoms with van der Waals surface area (Å²) in [6, 6.07) is 0. The van der Waals surface area contributed by atoms with Gasteiger partial charge >= 0.3 is 12.1 Å². The van der Waals surface area contributed by atoms with Crippen LogP contribution in [0.3, 0.4) is 0 Å². The Morgan fingerprint density at radius 1 is 1.30 bits per heavy atom. The number of aliphatic carboxylic acids is 1. The third-order valence-corrected chi connectivity index (χ3v) is 3.10. The SMILES string of the molecule is CCC(OC1CCN(C(=O)OC(C)(C)C)CC1)C(=O)O. The summed E-state index contributed by atoms with van der Waals surface area (Å²) in [6.45, 7) is 8.36. The minimum absolute atomic E-state index is 0.102. The summed E-state index contributed by atoms with van der Waals surface area (Å²) in [4.78, 5) is 24.4. The van der Waals surface area contributed by atoms with Crippen LogP contribution in [0.5, 0.6) is 0 Å². The Morgan fingerprint density at radius 2 is 1.85 bits per heavy atom. The first kappa shape index (κ1) is 16.8. The number of piperidine rings is 1. The van der Waals surface area contributed by atoms with Crippen LogP contribution in [-0.2, 0) is 14.3 Å². The molecule has 0 spiro atoms. The average molecular weight is 287 g/mol.